The summed E-state index contributed by atoms with van der Waals surface area (Å²) in [5.74, 6) is 1.63. The van der Waals surface area contributed by atoms with Gasteiger partial charge in [-0.2, -0.15) is 10.1 Å². The molecule has 148 valence electrons. The smallest absolute Gasteiger partial charge is 0.230 e. The first-order chi connectivity index (χ1) is 12.6. The normalized spacial score (nSPS) is 18.6. The van der Waals surface area contributed by atoms with Crippen molar-refractivity contribution in [3.8, 4) is 0 Å². The standard InChI is InChI=1S/C17H26N6O3S/c1-11-8-14(22-21-11)19-16-18-13(17(3,4)27(5,24)25)9-15(20-16)23-6-7-26-10-12(23)2/h8-9,12H,6-7,10H2,1-5H3,(H2,18,19,20,21,22). The molecule has 1 aliphatic rings. The van der Waals surface area contributed by atoms with E-state index in [0.717, 1.165) is 5.69 Å². The maximum absolute atomic E-state index is 12.3. The minimum atomic E-state index is -3.38. The summed E-state index contributed by atoms with van der Waals surface area (Å²) in [6, 6.07) is 3.71. The van der Waals surface area contributed by atoms with Crippen molar-refractivity contribution in [1.82, 2.24) is 20.2 Å². The summed E-state index contributed by atoms with van der Waals surface area (Å²) in [7, 11) is -3.38. The van der Waals surface area contributed by atoms with Gasteiger partial charge in [0.15, 0.2) is 9.84 Å². The van der Waals surface area contributed by atoms with Gasteiger partial charge in [0.2, 0.25) is 5.95 Å². The molecule has 2 aromatic rings. The Morgan fingerprint density at radius 1 is 1.33 bits per heavy atom. The summed E-state index contributed by atoms with van der Waals surface area (Å²) in [6.45, 7) is 9.10. The fourth-order valence-electron chi connectivity index (χ4n) is 2.81. The molecule has 3 heterocycles. The number of rotatable bonds is 5. The molecule has 9 nitrogen and oxygen atoms in total. The molecule has 0 spiro atoms. The van der Waals surface area contributed by atoms with Crippen LogP contribution in [0.5, 0.6) is 0 Å². The van der Waals surface area contributed by atoms with E-state index >= 15 is 0 Å². The number of aromatic amines is 1. The molecule has 0 amide bonds. The average molecular weight is 395 g/mol. The number of nitrogens with zero attached hydrogens (tertiary/aromatic N) is 4. The number of hydrogen-bond donors (Lipinski definition) is 2. The Kier molecular flexibility index (Phi) is 5.13. The topological polar surface area (TPSA) is 113 Å². The highest BCUT2D eigenvalue weighted by atomic mass is 32.2. The molecular formula is C17H26N6O3S. The Bertz CT molecular complexity index is 925. The summed E-state index contributed by atoms with van der Waals surface area (Å²) < 4.78 is 29.0. The Morgan fingerprint density at radius 3 is 2.67 bits per heavy atom. The molecule has 2 aromatic heterocycles. The van der Waals surface area contributed by atoms with E-state index in [9.17, 15) is 8.42 Å². The summed E-state index contributed by atoms with van der Waals surface area (Å²) in [5, 5.41) is 10.0. The van der Waals surface area contributed by atoms with Gasteiger partial charge in [0, 0.05) is 24.9 Å². The highest BCUT2D eigenvalue weighted by Gasteiger charge is 2.35. The van der Waals surface area contributed by atoms with Gasteiger partial charge in [0.25, 0.3) is 0 Å². The summed E-state index contributed by atoms with van der Waals surface area (Å²) >= 11 is 0. The fourth-order valence-corrected chi connectivity index (χ4v) is 3.29. The Balaban J connectivity index is 2.07. The van der Waals surface area contributed by atoms with Crippen LogP contribution in [0.4, 0.5) is 17.6 Å². The molecule has 0 saturated carbocycles. The number of hydrogen-bond acceptors (Lipinski definition) is 8. The molecule has 1 unspecified atom stereocenters. The van der Waals surface area contributed by atoms with Gasteiger partial charge in [0.1, 0.15) is 16.4 Å². The first-order valence-electron chi connectivity index (χ1n) is 8.80. The number of aromatic nitrogens is 4. The highest BCUT2D eigenvalue weighted by Crippen LogP contribution is 2.31. The predicted molar refractivity (Wildman–Crippen MR) is 104 cm³/mol. The van der Waals surface area contributed by atoms with E-state index in [1.165, 1.54) is 6.26 Å². The third-order valence-electron chi connectivity index (χ3n) is 4.87. The van der Waals surface area contributed by atoms with Crippen LogP contribution in [0, 0.1) is 6.92 Å². The Labute approximate surface area is 159 Å². The van der Waals surface area contributed by atoms with Crippen molar-refractivity contribution in [3.05, 3.63) is 23.5 Å². The highest BCUT2D eigenvalue weighted by molar-refractivity contribution is 7.91. The van der Waals surface area contributed by atoms with Crippen molar-refractivity contribution in [2.24, 2.45) is 0 Å². The van der Waals surface area contributed by atoms with Crippen LogP contribution in [0.2, 0.25) is 0 Å². The van der Waals surface area contributed by atoms with Gasteiger partial charge in [-0.15, -0.1) is 0 Å². The maximum Gasteiger partial charge on any atom is 0.230 e. The Hall–Kier alpha value is -2.20. The van der Waals surface area contributed by atoms with Crippen LogP contribution in [0.3, 0.4) is 0 Å². The van der Waals surface area contributed by atoms with Crippen molar-refractivity contribution in [1.29, 1.82) is 0 Å². The van der Waals surface area contributed by atoms with E-state index in [0.29, 0.717) is 43.0 Å². The molecule has 0 bridgehead atoms. The molecule has 1 aliphatic heterocycles. The molecule has 1 saturated heterocycles. The van der Waals surface area contributed by atoms with E-state index in [4.69, 9.17) is 4.74 Å². The number of H-pyrrole nitrogens is 1. The van der Waals surface area contributed by atoms with Crippen molar-refractivity contribution in [2.75, 3.05) is 36.2 Å². The van der Waals surface area contributed by atoms with Crippen LogP contribution in [-0.4, -0.2) is 60.6 Å². The van der Waals surface area contributed by atoms with Crippen LogP contribution in [0.1, 0.15) is 32.2 Å². The lowest BCUT2D eigenvalue weighted by Gasteiger charge is -2.35. The van der Waals surface area contributed by atoms with E-state index in [1.54, 1.807) is 19.9 Å². The lowest BCUT2D eigenvalue weighted by molar-refractivity contribution is 0.0985. The second kappa shape index (κ2) is 7.08. The van der Waals surface area contributed by atoms with Crippen LogP contribution in [0.25, 0.3) is 0 Å². The Morgan fingerprint density at radius 2 is 2.07 bits per heavy atom. The number of aryl methyl sites for hydroxylation is 1. The first kappa shape index (κ1) is 19.6. The molecular weight excluding hydrogens is 368 g/mol. The third kappa shape index (κ3) is 4.06. The minimum absolute atomic E-state index is 0.130. The lowest BCUT2D eigenvalue weighted by Crippen LogP contribution is -2.44. The second-order valence-corrected chi connectivity index (χ2v) is 9.95. The lowest BCUT2D eigenvalue weighted by atomic mass is 10.1. The molecule has 2 N–H and O–H groups in total. The zero-order valence-corrected chi connectivity index (χ0v) is 17.1. The average Bonchev–Trinajstić information content (AvgIpc) is 2.98. The molecule has 1 fully saturated rings. The number of sulfone groups is 1. The van der Waals surface area contributed by atoms with Crippen molar-refractivity contribution in [2.45, 2.75) is 38.5 Å². The second-order valence-electron chi connectivity index (χ2n) is 7.38. The molecule has 1 atom stereocenters. The fraction of sp³-hybridized carbons (Fsp3) is 0.588. The first-order valence-corrected chi connectivity index (χ1v) is 10.7. The molecule has 0 aromatic carbocycles. The summed E-state index contributed by atoms with van der Waals surface area (Å²) in [5.41, 5.74) is 1.26. The molecule has 10 heteroatoms. The SMILES string of the molecule is Cc1cc(Nc2nc(N3CCOCC3C)cc(C(C)(C)S(C)(=O)=O)n2)[nH]n1. The zero-order valence-electron chi connectivity index (χ0n) is 16.3. The quantitative estimate of drug-likeness (QED) is 0.789. The van der Waals surface area contributed by atoms with Crippen LogP contribution < -0.4 is 10.2 Å². The van der Waals surface area contributed by atoms with Gasteiger partial charge in [-0.25, -0.2) is 13.4 Å². The van der Waals surface area contributed by atoms with Gasteiger partial charge in [-0.3, -0.25) is 5.10 Å². The number of ether oxygens (including phenoxy) is 1. The van der Waals surface area contributed by atoms with Gasteiger partial charge in [-0.05, 0) is 27.7 Å². The van der Waals surface area contributed by atoms with E-state index in [-0.39, 0.29) is 6.04 Å². The van der Waals surface area contributed by atoms with E-state index in [1.807, 2.05) is 19.9 Å². The van der Waals surface area contributed by atoms with Crippen molar-refractivity contribution >= 4 is 27.4 Å². The largest absolute Gasteiger partial charge is 0.377 e. The maximum atomic E-state index is 12.3. The summed E-state index contributed by atoms with van der Waals surface area (Å²) in [6.07, 6.45) is 1.22. The third-order valence-corrected chi connectivity index (χ3v) is 6.93. The van der Waals surface area contributed by atoms with Gasteiger partial charge in [0.05, 0.1) is 30.6 Å². The van der Waals surface area contributed by atoms with Crippen LogP contribution in [0.15, 0.2) is 12.1 Å². The number of morpholine rings is 1. The molecule has 27 heavy (non-hydrogen) atoms. The monoisotopic (exact) mass is 394 g/mol. The molecule has 0 radical (unpaired) electrons. The van der Waals surface area contributed by atoms with Gasteiger partial charge < -0.3 is 15.0 Å². The van der Waals surface area contributed by atoms with Crippen LogP contribution >= 0.6 is 0 Å². The predicted octanol–water partition coefficient (Wildman–Crippen LogP) is 1.76. The van der Waals surface area contributed by atoms with E-state index < -0.39 is 14.6 Å². The van der Waals surface area contributed by atoms with Crippen molar-refractivity contribution in [3.63, 3.8) is 0 Å². The summed E-state index contributed by atoms with van der Waals surface area (Å²) in [4.78, 5) is 11.2. The van der Waals surface area contributed by atoms with Crippen molar-refractivity contribution < 1.29 is 13.2 Å². The molecule has 3 rings (SSSR count). The van der Waals surface area contributed by atoms with Gasteiger partial charge in [-0.1, -0.05) is 0 Å². The zero-order chi connectivity index (χ0) is 19.8. The minimum Gasteiger partial charge on any atom is -0.377 e. The van der Waals surface area contributed by atoms with Crippen LogP contribution in [-0.2, 0) is 19.3 Å². The van der Waals surface area contributed by atoms with Gasteiger partial charge >= 0.3 is 0 Å². The van der Waals surface area contributed by atoms with E-state index in [2.05, 4.69) is 30.4 Å². The number of anilines is 3. The molecule has 0 aliphatic carbocycles. The number of nitrogens with one attached hydrogen (secondary N) is 2.